The predicted octanol–water partition coefficient (Wildman–Crippen LogP) is 6.56. The summed E-state index contributed by atoms with van der Waals surface area (Å²) in [5.41, 5.74) is 2.36. The number of carbonyl (C=O) groups excluding carboxylic acids is 1. The number of ether oxygens (including phenoxy) is 2. The van der Waals surface area contributed by atoms with Gasteiger partial charge >= 0.3 is 5.97 Å². The maximum atomic E-state index is 13.0. The Labute approximate surface area is 258 Å². The number of esters is 1. The minimum absolute atomic E-state index is 0.273. The molecule has 0 bridgehead atoms. The van der Waals surface area contributed by atoms with Gasteiger partial charge in [-0.25, -0.2) is 4.79 Å². The highest BCUT2D eigenvalue weighted by Gasteiger charge is 2.53. The van der Waals surface area contributed by atoms with Gasteiger partial charge in [-0.3, -0.25) is 0 Å². The monoisotopic (exact) mass is 608 g/mol. The average molecular weight is 609 g/mol. The van der Waals surface area contributed by atoms with Crippen molar-refractivity contribution in [3.63, 3.8) is 0 Å². The lowest BCUT2D eigenvalue weighted by molar-refractivity contribution is -0.142. The van der Waals surface area contributed by atoms with E-state index < -0.39 is 32.7 Å². The number of thioether (sulfide) groups is 1. The van der Waals surface area contributed by atoms with Gasteiger partial charge in [-0.2, -0.15) is 0 Å². The molecular formula is C35H48O5SSi. The smallest absolute Gasteiger partial charge is 0.333 e. The van der Waals surface area contributed by atoms with Crippen LogP contribution in [0.2, 0.25) is 5.04 Å². The average Bonchev–Trinajstić information content (AvgIpc) is 2.98. The second kappa shape index (κ2) is 15.3. The van der Waals surface area contributed by atoms with E-state index in [0.717, 1.165) is 21.5 Å². The summed E-state index contributed by atoms with van der Waals surface area (Å²) in [5, 5.41) is 14.2. The molecule has 2 aromatic rings. The van der Waals surface area contributed by atoms with Gasteiger partial charge in [-0.15, -0.1) is 11.8 Å². The first-order valence-corrected chi connectivity index (χ1v) is 18.0. The zero-order valence-corrected chi connectivity index (χ0v) is 28.2. The van der Waals surface area contributed by atoms with Crippen molar-refractivity contribution >= 4 is 36.4 Å². The van der Waals surface area contributed by atoms with Crippen molar-refractivity contribution in [1.29, 1.82) is 0 Å². The SMILES string of the molecule is C/C=C(/C)[C@H]1C/C=C(\C)[C@@H](O[Si](c2ccccc2)(c2ccccc2)C(C)(C)C)[C@H](O)C(OCSC)C/C=C(/C)C(=O)O1. The molecule has 1 aliphatic rings. The molecule has 1 aliphatic heterocycles. The first-order chi connectivity index (χ1) is 20.0. The molecular weight excluding hydrogens is 561 g/mol. The Morgan fingerprint density at radius 2 is 1.60 bits per heavy atom. The summed E-state index contributed by atoms with van der Waals surface area (Å²) in [7, 11) is -3.02. The number of hydrogen-bond donors (Lipinski definition) is 1. The fraction of sp³-hybridized carbons (Fsp3) is 0.457. The van der Waals surface area contributed by atoms with Gasteiger partial charge < -0.3 is 19.0 Å². The van der Waals surface area contributed by atoms with Gasteiger partial charge in [0.2, 0.25) is 0 Å². The quantitative estimate of drug-likeness (QED) is 0.158. The number of cyclic esters (lactones) is 1. The van der Waals surface area contributed by atoms with E-state index in [9.17, 15) is 9.90 Å². The van der Waals surface area contributed by atoms with E-state index >= 15 is 0 Å². The summed E-state index contributed by atoms with van der Waals surface area (Å²) in [5.74, 6) is 0.0575. The second-order valence-electron chi connectivity index (χ2n) is 12.0. The van der Waals surface area contributed by atoms with Crippen LogP contribution >= 0.6 is 11.8 Å². The van der Waals surface area contributed by atoms with Crippen molar-refractivity contribution in [3.8, 4) is 0 Å². The van der Waals surface area contributed by atoms with Crippen molar-refractivity contribution in [2.45, 2.75) is 90.8 Å². The van der Waals surface area contributed by atoms with Gasteiger partial charge in [-0.05, 0) is 66.9 Å². The number of aliphatic hydroxyl groups excluding tert-OH is 1. The van der Waals surface area contributed by atoms with E-state index in [2.05, 4.69) is 75.4 Å². The number of allylic oxidation sites excluding steroid dienone is 1. The van der Waals surface area contributed by atoms with Crippen molar-refractivity contribution in [2.24, 2.45) is 0 Å². The maximum absolute atomic E-state index is 13.0. The third-order valence-electron chi connectivity index (χ3n) is 8.11. The molecule has 0 aliphatic carbocycles. The Balaban J connectivity index is 2.25. The molecule has 2 aromatic carbocycles. The van der Waals surface area contributed by atoms with E-state index in [0.29, 0.717) is 24.4 Å². The fourth-order valence-corrected chi connectivity index (χ4v) is 10.5. The van der Waals surface area contributed by atoms with Crippen LogP contribution in [-0.4, -0.2) is 56.0 Å². The summed E-state index contributed by atoms with van der Waals surface area (Å²) < 4.78 is 19.7. The van der Waals surface area contributed by atoms with E-state index in [1.54, 1.807) is 18.7 Å². The molecule has 1 unspecified atom stereocenters. The molecule has 1 N–H and O–H groups in total. The summed E-state index contributed by atoms with van der Waals surface area (Å²) >= 11 is 1.55. The van der Waals surface area contributed by atoms with Gasteiger partial charge in [-0.1, -0.05) is 99.7 Å². The molecule has 0 aromatic heterocycles. The molecule has 0 radical (unpaired) electrons. The molecule has 1 heterocycles. The zero-order valence-electron chi connectivity index (χ0n) is 26.4. The van der Waals surface area contributed by atoms with Gasteiger partial charge in [0.05, 0.1) is 18.1 Å². The summed E-state index contributed by atoms with van der Waals surface area (Å²) in [4.78, 5) is 13.0. The number of benzene rings is 2. The van der Waals surface area contributed by atoms with E-state index in [4.69, 9.17) is 13.9 Å². The molecule has 42 heavy (non-hydrogen) atoms. The van der Waals surface area contributed by atoms with Crippen LogP contribution in [0.15, 0.2) is 95.6 Å². The van der Waals surface area contributed by atoms with Crippen molar-refractivity contribution in [3.05, 3.63) is 95.6 Å². The predicted molar refractivity (Wildman–Crippen MR) is 178 cm³/mol. The molecule has 7 heteroatoms. The Kier molecular flexibility index (Phi) is 12.4. The molecule has 0 amide bonds. The van der Waals surface area contributed by atoms with Crippen LogP contribution in [0, 0.1) is 0 Å². The lowest BCUT2D eigenvalue weighted by atomic mass is 9.96. The standard InChI is InChI=1S/C35H48O5SSi/c1-9-25(2)30-22-20-26(3)33(32(36)31(38-24-41-8)23-21-27(4)34(37)39-30)40-42(35(5,6)7,28-16-12-10-13-17-28)29-18-14-11-15-19-29/h9-21,30-33,36H,22-24H2,1-8H3/b25-9-,26-20+,27-21-/t30-,31?,32-,33-/m1/s1. The van der Waals surface area contributed by atoms with Crippen LogP contribution < -0.4 is 10.4 Å². The Bertz CT molecular complexity index is 1210. The maximum Gasteiger partial charge on any atom is 0.333 e. The van der Waals surface area contributed by atoms with Crippen molar-refractivity contribution in [1.82, 2.24) is 0 Å². The second-order valence-corrected chi connectivity index (χ2v) is 17.1. The molecule has 4 atom stereocenters. The van der Waals surface area contributed by atoms with Crippen molar-refractivity contribution in [2.75, 3.05) is 12.2 Å². The largest absolute Gasteiger partial charge is 0.454 e. The fourth-order valence-electron chi connectivity index (χ4n) is 5.49. The molecule has 0 saturated heterocycles. The van der Waals surface area contributed by atoms with Crippen LogP contribution in [0.25, 0.3) is 0 Å². The Morgan fingerprint density at radius 1 is 1.02 bits per heavy atom. The van der Waals surface area contributed by atoms with E-state index in [-0.39, 0.29) is 11.0 Å². The van der Waals surface area contributed by atoms with Crippen LogP contribution in [0.1, 0.15) is 61.3 Å². The van der Waals surface area contributed by atoms with Gasteiger partial charge in [0.25, 0.3) is 8.32 Å². The van der Waals surface area contributed by atoms with Gasteiger partial charge in [0.1, 0.15) is 12.2 Å². The van der Waals surface area contributed by atoms with Crippen LogP contribution in [-0.2, 0) is 18.7 Å². The van der Waals surface area contributed by atoms with Crippen LogP contribution in [0.4, 0.5) is 0 Å². The Hall–Kier alpha value is -2.42. The lowest BCUT2D eigenvalue weighted by Gasteiger charge is -2.47. The van der Waals surface area contributed by atoms with Gasteiger partial charge in [0.15, 0.2) is 0 Å². The zero-order chi connectivity index (χ0) is 30.9. The first kappa shape index (κ1) is 34.1. The van der Waals surface area contributed by atoms with Crippen LogP contribution in [0.5, 0.6) is 0 Å². The minimum Gasteiger partial charge on any atom is -0.454 e. The number of aliphatic hydroxyl groups is 1. The first-order valence-electron chi connectivity index (χ1n) is 14.7. The normalized spacial score (nSPS) is 25.7. The molecule has 0 fully saturated rings. The molecule has 3 rings (SSSR count). The highest BCUT2D eigenvalue weighted by Crippen LogP contribution is 2.39. The van der Waals surface area contributed by atoms with Gasteiger partial charge in [0, 0.05) is 12.0 Å². The Morgan fingerprint density at radius 3 is 2.10 bits per heavy atom. The molecule has 0 saturated carbocycles. The highest BCUT2D eigenvalue weighted by atomic mass is 32.2. The van der Waals surface area contributed by atoms with E-state index in [1.807, 2.05) is 51.3 Å². The third-order valence-corrected chi connectivity index (χ3v) is 13.5. The third kappa shape index (κ3) is 7.94. The highest BCUT2D eigenvalue weighted by molar-refractivity contribution is 7.98. The molecule has 0 spiro atoms. The number of rotatable bonds is 8. The molecule has 5 nitrogen and oxygen atoms in total. The van der Waals surface area contributed by atoms with E-state index in [1.165, 1.54) is 0 Å². The topological polar surface area (TPSA) is 65.0 Å². The lowest BCUT2D eigenvalue weighted by Crippen LogP contribution is -2.69. The number of carbonyl (C=O) groups is 1. The summed E-state index contributed by atoms with van der Waals surface area (Å²) in [6.07, 6.45) is 6.02. The molecule has 228 valence electrons. The number of hydrogen-bond acceptors (Lipinski definition) is 6. The van der Waals surface area contributed by atoms with Crippen LogP contribution in [0.3, 0.4) is 0 Å². The minimum atomic E-state index is -3.02. The summed E-state index contributed by atoms with van der Waals surface area (Å²) in [6, 6.07) is 20.9. The summed E-state index contributed by atoms with van der Waals surface area (Å²) in [6.45, 7) is 14.4. The van der Waals surface area contributed by atoms with Crippen molar-refractivity contribution < 1.29 is 23.8 Å².